The molecule has 0 aliphatic carbocycles. The standard InChI is InChI=1S/C31H34O5/c1-4-10-25-29(13-8-14-30(25)36-28-12-7-6-11-22(28)3)34-16-9-17-35-31-20-27(32)26(19-23(31)5-2)24-15-18-33-21-24/h6-8,11-15,18-21,32H,4-5,9-10,16-17H2,1-3H3. The number of rotatable bonds is 12. The number of ether oxygens (including phenoxy) is 3. The molecule has 188 valence electrons. The van der Waals surface area contributed by atoms with Crippen molar-refractivity contribution in [1.82, 2.24) is 0 Å². The Bertz CT molecular complexity index is 1260. The molecule has 0 aliphatic heterocycles. The fraction of sp³-hybridized carbons (Fsp3) is 0.290. The van der Waals surface area contributed by atoms with Gasteiger partial charge in [-0.05, 0) is 61.2 Å². The van der Waals surface area contributed by atoms with E-state index in [1.165, 1.54) is 0 Å². The smallest absolute Gasteiger partial charge is 0.134 e. The van der Waals surface area contributed by atoms with Crippen LogP contribution < -0.4 is 14.2 Å². The van der Waals surface area contributed by atoms with E-state index in [2.05, 4.69) is 13.8 Å². The molecule has 36 heavy (non-hydrogen) atoms. The predicted octanol–water partition coefficient (Wildman–Crippen LogP) is 8.12. The quantitative estimate of drug-likeness (QED) is 0.205. The van der Waals surface area contributed by atoms with Crippen LogP contribution in [-0.4, -0.2) is 18.3 Å². The van der Waals surface area contributed by atoms with Crippen LogP contribution in [0.2, 0.25) is 0 Å². The van der Waals surface area contributed by atoms with E-state index in [1.807, 2.05) is 61.5 Å². The molecule has 0 spiro atoms. The average Bonchev–Trinajstić information content (AvgIpc) is 3.42. The second-order valence-corrected chi connectivity index (χ2v) is 8.74. The zero-order valence-corrected chi connectivity index (χ0v) is 21.3. The average molecular weight is 487 g/mol. The minimum absolute atomic E-state index is 0.175. The van der Waals surface area contributed by atoms with Crippen LogP contribution in [0.4, 0.5) is 0 Å². The molecule has 1 heterocycles. The Labute approximate surface area is 213 Å². The molecule has 0 bridgehead atoms. The van der Waals surface area contributed by atoms with Crippen molar-refractivity contribution >= 4 is 0 Å². The molecule has 0 fully saturated rings. The van der Waals surface area contributed by atoms with Gasteiger partial charge in [0.25, 0.3) is 0 Å². The molecule has 0 saturated heterocycles. The van der Waals surface area contributed by atoms with Gasteiger partial charge in [0.2, 0.25) is 0 Å². The van der Waals surface area contributed by atoms with Crippen molar-refractivity contribution in [3.8, 4) is 39.9 Å². The van der Waals surface area contributed by atoms with Crippen molar-refractivity contribution < 1.29 is 23.7 Å². The fourth-order valence-corrected chi connectivity index (χ4v) is 4.16. The zero-order valence-electron chi connectivity index (χ0n) is 21.3. The van der Waals surface area contributed by atoms with E-state index in [9.17, 15) is 5.11 Å². The molecule has 3 aromatic carbocycles. The van der Waals surface area contributed by atoms with Crippen molar-refractivity contribution in [2.24, 2.45) is 0 Å². The van der Waals surface area contributed by atoms with Crippen molar-refractivity contribution in [2.45, 2.75) is 46.5 Å². The van der Waals surface area contributed by atoms with Crippen molar-refractivity contribution in [2.75, 3.05) is 13.2 Å². The van der Waals surface area contributed by atoms with E-state index in [1.54, 1.807) is 18.6 Å². The van der Waals surface area contributed by atoms with Crippen LogP contribution in [0.15, 0.2) is 77.6 Å². The van der Waals surface area contributed by atoms with Crippen molar-refractivity contribution in [3.63, 3.8) is 0 Å². The van der Waals surface area contributed by atoms with Crippen molar-refractivity contribution in [3.05, 3.63) is 89.9 Å². The number of aryl methyl sites for hydroxylation is 2. The first-order chi connectivity index (χ1) is 17.6. The SMILES string of the molecule is CCCc1c(OCCCOc2cc(O)c(-c3ccoc3)cc2CC)cccc1Oc1ccccc1C. The van der Waals surface area contributed by atoms with Gasteiger partial charge < -0.3 is 23.7 Å². The Morgan fingerprint density at radius 3 is 2.31 bits per heavy atom. The highest BCUT2D eigenvalue weighted by atomic mass is 16.5. The Morgan fingerprint density at radius 2 is 1.58 bits per heavy atom. The summed E-state index contributed by atoms with van der Waals surface area (Å²) in [6.45, 7) is 7.28. The van der Waals surface area contributed by atoms with Gasteiger partial charge >= 0.3 is 0 Å². The van der Waals surface area contributed by atoms with E-state index in [-0.39, 0.29) is 5.75 Å². The van der Waals surface area contributed by atoms with E-state index >= 15 is 0 Å². The summed E-state index contributed by atoms with van der Waals surface area (Å²) in [6.07, 6.45) is 6.59. The molecule has 5 nitrogen and oxygen atoms in total. The summed E-state index contributed by atoms with van der Waals surface area (Å²) < 4.78 is 23.6. The van der Waals surface area contributed by atoms with Crippen LogP contribution in [0.3, 0.4) is 0 Å². The van der Waals surface area contributed by atoms with Crippen LogP contribution in [0.1, 0.15) is 43.4 Å². The molecular weight excluding hydrogens is 452 g/mol. The molecular formula is C31H34O5. The lowest BCUT2D eigenvalue weighted by molar-refractivity contribution is 0.244. The molecule has 0 amide bonds. The summed E-state index contributed by atoms with van der Waals surface area (Å²) >= 11 is 0. The van der Waals surface area contributed by atoms with Crippen molar-refractivity contribution in [1.29, 1.82) is 0 Å². The number of aromatic hydroxyl groups is 1. The molecule has 0 radical (unpaired) electrons. The first-order valence-electron chi connectivity index (χ1n) is 12.6. The Hall–Kier alpha value is -3.86. The Balaban J connectivity index is 1.37. The number of phenolic OH excluding ortho intramolecular Hbond substituents is 1. The largest absolute Gasteiger partial charge is 0.507 e. The maximum absolute atomic E-state index is 10.5. The van der Waals surface area contributed by atoms with E-state index in [0.29, 0.717) is 25.4 Å². The van der Waals surface area contributed by atoms with Gasteiger partial charge in [-0.25, -0.2) is 0 Å². The van der Waals surface area contributed by atoms with Gasteiger partial charge in [0.1, 0.15) is 28.7 Å². The lowest BCUT2D eigenvalue weighted by Crippen LogP contribution is -2.07. The van der Waals surface area contributed by atoms with E-state index < -0.39 is 0 Å². The van der Waals surface area contributed by atoms with Gasteiger partial charge in [0.05, 0.1) is 25.7 Å². The van der Waals surface area contributed by atoms with Crippen LogP contribution in [0.5, 0.6) is 28.7 Å². The molecule has 0 aliphatic rings. The van der Waals surface area contributed by atoms with Gasteiger partial charge in [0, 0.05) is 29.2 Å². The molecule has 1 aromatic heterocycles. The van der Waals surface area contributed by atoms with E-state index in [0.717, 1.165) is 64.3 Å². The fourth-order valence-electron chi connectivity index (χ4n) is 4.16. The number of hydrogen-bond donors (Lipinski definition) is 1. The van der Waals surface area contributed by atoms with Gasteiger partial charge in [0.15, 0.2) is 0 Å². The second-order valence-electron chi connectivity index (χ2n) is 8.74. The number of para-hydroxylation sites is 1. The van der Waals surface area contributed by atoms with Gasteiger partial charge in [-0.3, -0.25) is 0 Å². The summed E-state index contributed by atoms with van der Waals surface area (Å²) in [5.74, 6) is 3.41. The Morgan fingerprint density at radius 1 is 0.833 bits per heavy atom. The third-order valence-electron chi connectivity index (χ3n) is 6.10. The molecule has 5 heteroatoms. The molecule has 4 rings (SSSR count). The van der Waals surface area contributed by atoms with Crippen LogP contribution in [-0.2, 0) is 12.8 Å². The topological polar surface area (TPSA) is 61.1 Å². The lowest BCUT2D eigenvalue weighted by Gasteiger charge is -2.17. The second kappa shape index (κ2) is 12.2. The highest BCUT2D eigenvalue weighted by molar-refractivity contribution is 5.71. The van der Waals surface area contributed by atoms with Crippen LogP contribution in [0, 0.1) is 6.92 Å². The number of furan rings is 1. The van der Waals surface area contributed by atoms with Gasteiger partial charge in [-0.15, -0.1) is 0 Å². The highest BCUT2D eigenvalue weighted by Crippen LogP contribution is 2.36. The van der Waals surface area contributed by atoms with Crippen LogP contribution in [0.25, 0.3) is 11.1 Å². The minimum atomic E-state index is 0.175. The molecule has 0 atom stereocenters. The molecule has 0 saturated carbocycles. The third-order valence-corrected chi connectivity index (χ3v) is 6.10. The summed E-state index contributed by atoms with van der Waals surface area (Å²) in [5, 5.41) is 10.5. The predicted molar refractivity (Wildman–Crippen MR) is 142 cm³/mol. The summed E-state index contributed by atoms with van der Waals surface area (Å²) in [7, 11) is 0. The summed E-state index contributed by atoms with van der Waals surface area (Å²) in [4.78, 5) is 0. The monoisotopic (exact) mass is 486 g/mol. The zero-order chi connectivity index (χ0) is 25.3. The summed E-state index contributed by atoms with van der Waals surface area (Å²) in [5.41, 5.74) is 4.80. The first kappa shape index (κ1) is 25.2. The maximum atomic E-state index is 10.5. The van der Waals surface area contributed by atoms with Gasteiger partial charge in [-0.2, -0.15) is 0 Å². The third kappa shape index (κ3) is 6.03. The maximum Gasteiger partial charge on any atom is 0.134 e. The van der Waals surface area contributed by atoms with Crippen LogP contribution >= 0.6 is 0 Å². The number of phenols is 1. The van der Waals surface area contributed by atoms with E-state index in [4.69, 9.17) is 18.6 Å². The molecule has 0 unspecified atom stereocenters. The van der Waals surface area contributed by atoms with Gasteiger partial charge in [-0.1, -0.05) is 44.5 Å². The summed E-state index contributed by atoms with van der Waals surface area (Å²) in [6, 6.07) is 19.5. The highest BCUT2D eigenvalue weighted by Gasteiger charge is 2.14. The number of benzene rings is 3. The lowest BCUT2D eigenvalue weighted by atomic mass is 10.0. The Kier molecular flexibility index (Phi) is 8.56. The first-order valence-corrected chi connectivity index (χ1v) is 12.6. The minimum Gasteiger partial charge on any atom is -0.507 e. The molecule has 1 N–H and O–H groups in total. The normalized spacial score (nSPS) is 10.9. The number of hydrogen-bond acceptors (Lipinski definition) is 5. The molecule has 4 aromatic rings.